The van der Waals surface area contributed by atoms with Gasteiger partial charge in [0.05, 0.1) is 16.3 Å². The molecule has 0 fully saturated rings. The van der Waals surface area contributed by atoms with E-state index in [1.54, 1.807) is 7.05 Å². The van der Waals surface area contributed by atoms with E-state index in [1.165, 1.54) is 28.4 Å². The molecule has 0 aliphatic rings. The van der Waals surface area contributed by atoms with Gasteiger partial charge in [0.1, 0.15) is 10.8 Å². The van der Waals surface area contributed by atoms with Gasteiger partial charge in [-0.2, -0.15) is 0 Å². The van der Waals surface area contributed by atoms with Crippen LogP contribution < -0.4 is 4.74 Å². The lowest BCUT2D eigenvalue weighted by molar-refractivity contribution is -0.274. The predicted octanol–water partition coefficient (Wildman–Crippen LogP) is 5.03. The number of aromatic nitrogens is 1. The molecule has 0 spiro atoms. The first kappa shape index (κ1) is 18.2. The van der Waals surface area contributed by atoms with Crippen molar-refractivity contribution in [2.24, 2.45) is 0 Å². The van der Waals surface area contributed by atoms with E-state index in [0.717, 1.165) is 27.4 Å². The number of hydrogen-bond acceptors (Lipinski definition) is 4. The van der Waals surface area contributed by atoms with Crippen molar-refractivity contribution in [2.45, 2.75) is 19.3 Å². The molecule has 0 saturated heterocycles. The summed E-state index contributed by atoms with van der Waals surface area (Å²) in [6, 6.07) is 12.3. The Labute approximate surface area is 151 Å². The smallest absolute Gasteiger partial charge is 0.406 e. The molecule has 0 aliphatic heterocycles. The number of amides is 1. The lowest BCUT2D eigenvalue weighted by atomic mass is 10.1. The van der Waals surface area contributed by atoms with Crippen LogP contribution >= 0.6 is 11.3 Å². The maximum atomic E-state index is 12.6. The number of thiazole rings is 1. The highest BCUT2D eigenvalue weighted by Crippen LogP contribution is 2.30. The largest absolute Gasteiger partial charge is 0.573 e. The Kier molecular flexibility index (Phi) is 4.86. The Bertz CT molecular complexity index is 889. The number of halogens is 3. The zero-order chi connectivity index (χ0) is 18.9. The molecule has 0 radical (unpaired) electrons. The zero-order valence-corrected chi connectivity index (χ0v) is 14.8. The van der Waals surface area contributed by atoms with E-state index in [9.17, 15) is 18.0 Å². The Balaban J connectivity index is 1.76. The third kappa shape index (κ3) is 3.96. The normalized spacial score (nSPS) is 12.8. The number of hydrogen-bond donors (Lipinski definition) is 0. The zero-order valence-electron chi connectivity index (χ0n) is 13.9. The molecule has 0 saturated carbocycles. The van der Waals surface area contributed by atoms with Crippen molar-refractivity contribution in [3.63, 3.8) is 0 Å². The third-order valence-electron chi connectivity index (χ3n) is 3.90. The van der Waals surface area contributed by atoms with Crippen LogP contribution in [0, 0.1) is 0 Å². The van der Waals surface area contributed by atoms with E-state index >= 15 is 0 Å². The summed E-state index contributed by atoms with van der Waals surface area (Å²) in [6.45, 7) is 1.86. The average Bonchev–Trinajstić information content (AvgIpc) is 3.03. The van der Waals surface area contributed by atoms with Gasteiger partial charge in [-0.15, -0.1) is 24.5 Å². The van der Waals surface area contributed by atoms with Gasteiger partial charge in [-0.1, -0.05) is 12.1 Å². The molecule has 1 aromatic heterocycles. The van der Waals surface area contributed by atoms with E-state index in [2.05, 4.69) is 9.72 Å². The number of ether oxygens (including phenoxy) is 1. The highest BCUT2D eigenvalue weighted by molar-refractivity contribution is 7.18. The van der Waals surface area contributed by atoms with Crippen LogP contribution in [0.2, 0.25) is 0 Å². The maximum Gasteiger partial charge on any atom is 0.573 e. The van der Waals surface area contributed by atoms with E-state index in [0.29, 0.717) is 0 Å². The molecule has 0 N–H and O–H groups in total. The van der Waals surface area contributed by atoms with Crippen molar-refractivity contribution in [1.29, 1.82) is 0 Å². The summed E-state index contributed by atoms with van der Waals surface area (Å²) in [5, 5.41) is 0.791. The quantitative estimate of drug-likeness (QED) is 0.638. The van der Waals surface area contributed by atoms with Crippen LogP contribution in [0.3, 0.4) is 0 Å². The van der Waals surface area contributed by atoms with E-state index in [1.807, 2.05) is 31.2 Å². The maximum absolute atomic E-state index is 12.6. The molecule has 8 heteroatoms. The fraction of sp³-hybridized carbons (Fsp3) is 0.222. The van der Waals surface area contributed by atoms with Crippen LogP contribution in [0.1, 0.15) is 28.3 Å². The summed E-state index contributed by atoms with van der Waals surface area (Å²) in [5.41, 5.74) is 1.14. The number of carbonyl (C=O) groups is 1. The molecule has 1 heterocycles. The monoisotopic (exact) mass is 380 g/mol. The van der Waals surface area contributed by atoms with Gasteiger partial charge < -0.3 is 9.64 Å². The third-order valence-corrected chi connectivity index (χ3v) is 5.11. The number of alkyl halides is 3. The lowest BCUT2D eigenvalue weighted by Gasteiger charge is -2.23. The van der Waals surface area contributed by atoms with Gasteiger partial charge in [0.2, 0.25) is 0 Å². The average molecular weight is 380 g/mol. The number of fused-ring (bicyclic) bond motifs is 1. The Hall–Kier alpha value is -2.61. The molecule has 136 valence electrons. The number of para-hydroxylation sites is 1. The number of nitrogens with zero attached hydrogens (tertiary/aromatic N) is 2. The molecule has 0 bridgehead atoms. The Morgan fingerprint density at radius 3 is 2.42 bits per heavy atom. The van der Waals surface area contributed by atoms with Crippen molar-refractivity contribution < 1.29 is 22.7 Å². The minimum Gasteiger partial charge on any atom is -0.406 e. The Morgan fingerprint density at radius 1 is 1.15 bits per heavy atom. The van der Waals surface area contributed by atoms with E-state index in [-0.39, 0.29) is 23.3 Å². The van der Waals surface area contributed by atoms with Gasteiger partial charge in [-0.25, -0.2) is 4.98 Å². The molecule has 26 heavy (non-hydrogen) atoms. The fourth-order valence-corrected chi connectivity index (χ4v) is 3.48. The molecule has 0 unspecified atom stereocenters. The summed E-state index contributed by atoms with van der Waals surface area (Å²) in [6.07, 6.45) is -4.76. The van der Waals surface area contributed by atoms with E-state index in [4.69, 9.17) is 0 Å². The molecular formula is C18H15F3N2O2S. The first-order chi connectivity index (χ1) is 12.2. The molecule has 2 aromatic carbocycles. The molecule has 0 aliphatic carbocycles. The van der Waals surface area contributed by atoms with Crippen molar-refractivity contribution in [3.8, 4) is 5.75 Å². The second kappa shape index (κ2) is 6.95. The molecule has 3 rings (SSSR count). The lowest BCUT2D eigenvalue weighted by Crippen LogP contribution is -2.29. The second-order valence-corrected chi connectivity index (χ2v) is 6.75. The van der Waals surface area contributed by atoms with Crippen molar-refractivity contribution in [1.82, 2.24) is 9.88 Å². The van der Waals surface area contributed by atoms with Gasteiger partial charge in [0, 0.05) is 12.6 Å². The molecule has 4 nitrogen and oxygen atoms in total. The van der Waals surface area contributed by atoms with Gasteiger partial charge in [0.15, 0.2) is 0 Å². The van der Waals surface area contributed by atoms with Gasteiger partial charge in [-0.05, 0) is 43.3 Å². The van der Waals surface area contributed by atoms with Crippen molar-refractivity contribution in [3.05, 3.63) is 59.1 Å². The van der Waals surface area contributed by atoms with Gasteiger partial charge in [0.25, 0.3) is 5.91 Å². The van der Waals surface area contributed by atoms with Crippen molar-refractivity contribution in [2.75, 3.05) is 7.05 Å². The number of rotatable bonds is 4. The highest BCUT2D eigenvalue weighted by atomic mass is 32.1. The van der Waals surface area contributed by atoms with Crippen LogP contribution in [0.15, 0.2) is 48.5 Å². The van der Waals surface area contributed by atoms with Crippen LogP contribution in [-0.2, 0) is 0 Å². The second-order valence-electron chi connectivity index (χ2n) is 5.68. The minimum atomic E-state index is -4.76. The molecule has 1 amide bonds. The summed E-state index contributed by atoms with van der Waals surface area (Å²) in [7, 11) is 1.64. The van der Waals surface area contributed by atoms with Gasteiger partial charge in [-0.3, -0.25) is 4.79 Å². The summed E-state index contributed by atoms with van der Waals surface area (Å²) >= 11 is 1.51. The van der Waals surface area contributed by atoms with Crippen LogP contribution in [0.4, 0.5) is 13.2 Å². The first-order valence-corrected chi connectivity index (χ1v) is 8.55. The molecule has 1 atom stereocenters. The highest BCUT2D eigenvalue weighted by Gasteiger charge is 2.31. The van der Waals surface area contributed by atoms with Crippen LogP contribution in [-0.4, -0.2) is 29.2 Å². The Morgan fingerprint density at radius 2 is 1.81 bits per heavy atom. The predicted molar refractivity (Wildman–Crippen MR) is 93.3 cm³/mol. The van der Waals surface area contributed by atoms with Crippen LogP contribution in [0.25, 0.3) is 10.2 Å². The summed E-state index contributed by atoms with van der Waals surface area (Å²) in [4.78, 5) is 18.7. The SMILES string of the molecule is C[C@@H](c1nc2ccccc2s1)N(C)C(=O)c1ccc(OC(F)(F)F)cc1. The molecular weight excluding hydrogens is 365 g/mol. The first-order valence-electron chi connectivity index (χ1n) is 7.73. The van der Waals surface area contributed by atoms with Crippen molar-refractivity contribution >= 4 is 27.5 Å². The van der Waals surface area contributed by atoms with Crippen LogP contribution in [0.5, 0.6) is 5.75 Å². The summed E-state index contributed by atoms with van der Waals surface area (Å²) in [5.74, 6) is -0.675. The number of benzene rings is 2. The summed E-state index contributed by atoms with van der Waals surface area (Å²) < 4.78 is 41.5. The fourth-order valence-electron chi connectivity index (χ4n) is 2.41. The molecule has 3 aromatic rings. The van der Waals surface area contributed by atoms with Gasteiger partial charge >= 0.3 is 6.36 Å². The minimum absolute atomic E-state index is 0.272. The van der Waals surface area contributed by atoms with E-state index < -0.39 is 6.36 Å². The standard InChI is InChI=1S/C18H15F3N2O2S/c1-11(16-22-14-5-3-4-6-15(14)26-16)23(2)17(24)12-7-9-13(10-8-12)25-18(19,20)21/h3-11H,1-2H3/t11-/m0/s1. The topological polar surface area (TPSA) is 42.4 Å². The number of carbonyl (C=O) groups excluding carboxylic acids is 1.